The first-order valence-corrected chi connectivity index (χ1v) is 13.1. The number of carbonyl (C=O) groups is 3. The molecule has 3 saturated heterocycles. The molecule has 1 spiro atoms. The number of nitrogens with zero attached hydrogens (tertiary/aromatic N) is 2. The van der Waals surface area contributed by atoms with E-state index in [0.717, 1.165) is 12.0 Å². The number of amides is 2. The van der Waals surface area contributed by atoms with Crippen LogP contribution < -0.4 is 0 Å². The Morgan fingerprint density at radius 1 is 1.29 bits per heavy atom. The smallest absolute Gasteiger partial charge is 0.311 e. The Labute approximate surface area is 211 Å². The fraction of sp³-hybridized carbons (Fsp3) is 0.519. The molecule has 2 amide bonds. The lowest BCUT2D eigenvalue weighted by atomic mass is 9.66. The molecule has 3 heterocycles. The summed E-state index contributed by atoms with van der Waals surface area (Å²) >= 11 is 1.62. The minimum absolute atomic E-state index is 0.0615. The number of fused-ring (bicyclic) bond motifs is 1. The number of aliphatic hydroxyl groups is 1. The molecule has 8 heteroatoms. The van der Waals surface area contributed by atoms with Gasteiger partial charge < -0.3 is 19.6 Å². The molecular weight excluding hydrogens is 464 g/mol. The first-order chi connectivity index (χ1) is 16.9. The van der Waals surface area contributed by atoms with Crippen LogP contribution in [0.1, 0.15) is 25.3 Å². The molecule has 3 aliphatic heterocycles. The van der Waals surface area contributed by atoms with E-state index in [-0.39, 0.29) is 42.7 Å². The molecule has 3 aliphatic rings. The standard InChI is InChI=1S/C27H34N2O5S/c1-4-12-28(17-19-10-7-6-8-11-19)25(32)23-27-18(3)16-20(35-27)21(26(33)34-15-5-2)22(27)24(31)29(23)13-9-14-30/h4-8,10-11,18,20-23,30H,1-2,9,12-17H2,3H3/t18?,20-,21+,22+,23?,27?/m1/s1. The van der Waals surface area contributed by atoms with Gasteiger partial charge in [0, 0.05) is 31.5 Å². The molecule has 35 heavy (non-hydrogen) atoms. The van der Waals surface area contributed by atoms with Crippen molar-refractivity contribution in [2.45, 2.75) is 42.3 Å². The van der Waals surface area contributed by atoms with Crippen molar-refractivity contribution < 1.29 is 24.2 Å². The van der Waals surface area contributed by atoms with Crippen LogP contribution in [0.3, 0.4) is 0 Å². The number of benzene rings is 1. The molecular formula is C27H34N2O5S. The van der Waals surface area contributed by atoms with Gasteiger partial charge in [0.1, 0.15) is 12.6 Å². The molecule has 0 radical (unpaired) electrons. The summed E-state index contributed by atoms with van der Waals surface area (Å²) in [6, 6.07) is 9.03. The van der Waals surface area contributed by atoms with E-state index in [1.807, 2.05) is 30.3 Å². The Kier molecular flexibility index (Phi) is 7.71. The average molecular weight is 499 g/mol. The normalized spacial score (nSPS) is 30.7. The van der Waals surface area contributed by atoms with E-state index < -0.39 is 28.6 Å². The summed E-state index contributed by atoms with van der Waals surface area (Å²) in [5.41, 5.74) is 0.991. The quantitative estimate of drug-likeness (QED) is 0.373. The van der Waals surface area contributed by atoms with Crippen molar-refractivity contribution in [2.24, 2.45) is 17.8 Å². The van der Waals surface area contributed by atoms with Crippen molar-refractivity contribution >= 4 is 29.5 Å². The van der Waals surface area contributed by atoms with Gasteiger partial charge in [0.25, 0.3) is 0 Å². The molecule has 0 saturated carbocycles. The molecule has 7 nitrogen and oxygen atoms in total. The van der Waals surface area contributed by atoms with Gasteiger partial charge in [-0.25, -0.2) is 0 Å². The van der Waals surface area contributed by atoms with Crippen molar-refractivity contribution in [3.05, 3.63) is 61.2 Å². The molecule has 4 rings (SSSR count). The molecule has 3 fully saturated rings. The summed E-state index contributed by atoms with van der Waals surface area (Å²) in [5.74, 6) is -1.84. The highest BCUT2D eigenvalue weighted by Gasteiger charge is 2.76. The fourth-order valence-corrected chi connectivity index (χ4v) is 8.55. The minimum Gasteiger partial charge on any atom is -0.461 e. The number of likely N-dealkylation sites (tertiary alicyclic amines) is 1. The number of esters is 1. The Morgan fingerprint density at radius 2 is 2.03 bits per heavy atom. The highest BCUT2D eigenvalue weighted by molar-refractivity contribution is 8.02. The van der Waals surface area contributed by atoms with Gasteiger partial charge in [0.15, 0.2) is 0 Å². The lowest BCUT2D eigenvalue weighted by molar-refractivity contribution is -0.153. The molecule has 1 aromatic carbocycles. The summed E-state index contributed by atoms with van der Waals surface area (Å²) in [6.07, 6.45) is 4.33. The Morgan fingerprint density at radius 3 is 2.69 bits per heavy atom. The second-order valence-electron chi connectivity index (χ2n) is 9.57. The van der Waals surface area contributed by atoms with Gasteiger partial charge >= 0.3 is 5.97 Å². The van der Waals surface area contributed by atoms with Crippen LogP contribution in [0, 0.1) is 17.8 Å². The first-order valence-electron chi connectivity index (χ1n) is 12.2. The summed E-state index contributed by atoms with van der Waals surface area (Å²) in [6.45, 7) is 10.6. The summed E-state index contributed by atoms with van der Waals surface area (Å²) in [4.78, 5) is 44.6. The third-order valence-corrected chi connectivity index (χ3v) is 9.61. The van der Waals surface area contributed by atoms with Crippen LogP contribution in [-0.2, 0) is 25.7 Å². The molecule has 0 aliphatic carbocycles. The van der Waals surface area contributed by atoms with Crippen molar-refractivity contribution in [3.63, 3.8) is 0 Å². The molecule has 0 aromatic heterocycles. The zero-order valence-electron chi connectivity index (χ0n) is 20.2. The lowest BCUT2D eigenvalue weighted by Crippen LogP contribution is -2.57. The van der Waals surface area contributed by atoms with Crippen molar-refractivity contribution in [1.82, 2.24) is 9.80 Å². The van der Waals surface area contributed by atoms with Crippen LogP contribution in [0.15, 0.2) is 55.6 Å². The van der Waals surface area contributed by atoms with Crippen molar-refractivity contribution in [3.8, 4) is 0 Å². The number of hydrogen-bond donors (Lipinski definition) is 1. The highest BCUT2D eigenvalue weighted by atomic mass is 32.2. The molecule has 1 N–H and O–H groups in total. The summed E-state index contributed by atoms with van der Waals surface area (Å²) < 4.78 is 4.70. The third kappa shape index (κ3) is 4.31. The van der Waals surface area contributed by atoms with Crippen LogP contribution in [0.25, 0.3) is 0 Å². The number of aliphatic hydroxyl groups excluding tert-OH is 1. The van der Waals surface area contributed by atoms with Gasteiger partial charge in [-0.05, 0) is 24.3 Å². The first kappa shape index (κ1) is 25.5. The van der Waals surface area contributed by atoms with E-state index in [0.29, 0.717) is 19.5 Å². The zero-order valence-corrected chi connectivity index (χ0v) is 21.0. The maximum absolute atomic E-state index is 14.3. The third-order valence-electron chi connectivity index (χ3n) is 7.53. The Hall–Kier alpha value is -2.58. The predicted molar refractivity (Wildman–Crippen MR) is 135 cm³/mol. The number of ether oxygens (including phenoxy) is 1. The van der Waals surface area contributed by atoms with Crippen LogP contribution in [0.5, 0.6) is 0 Å². The minimum atomic E-state index is -0.711. The van der Waals surface area contributed by atoms with Gasteiger partial charge in [-0.1, -0.05) is 56.0 Å². The van der Waals surface area contributed by atoms with Gasteiger partial charge in [0.2, 0.25) is 11.8 Å². The monoisotopic (exact) mass is 498 g/mol. The van der Waals surface area contributed by atoms with Gasteiger partial charge in [-0.2, -0.15) is 0 Å². The van der Waals surface area contributed by atoms with E-state index in [2.05, 4.69) is 20.1 Å². The lowest BCUT2D eigenvalue weighted by Gasteiger charge is -2.40. The van der Waals surface area contributed by atoms with Crippen molar-refractivity contribution in [2.75, 3.05) is 26.3 Å². The number of rotatable bonds is 11. The van der Waals surface area contributed by atoms with Gasteiger partial charge in [-0.3, -0.25) is 14.4 Å². The predicted octanol–water partition coefficient (Wildman–Crippen LogP) is 2.65. The SMILES string of the molecule is C=CCOC(=O)[C@@H]1[C@H]2C(=O)N(CCCO)C(C(=O)N(CC=C)Cc3ccccc3)C23S[C@@H]1CC3C. The van der Waals surface area contributed by atoms with Crippen molar-refractivity contribution in [1.29, 1.82) is 0 Å². The van der Waals surface area contributed by atoms with Crippen LogP contribution >= 0.6 is 11.8 Å². The molecule has 188 valence electrons. The topological polar surface area (TPSA) is 87.1 Å². The molecule has 1 aromatic rings. The average Bonchev–Trinajstić information content (AvgIpc) is 3.45. The van der Waals surface area contributed by atoms with Crippen LogP contribution in [0.2, 0.25) is 0 Å². The largest absolute Gasteiger partial charge is 0.461 e. The second kappa shape index (κ2) is 10.6. The number of carbonyl (C=O) groups excluding carboxylic acids is 3. The zero-order chi connectivity index (χ0) is 25.2. The fourth-order valence-electron chi connectivity index (χ4n) is 6.15. The summed E-state index contributed by atoms with van der Waals surface area (Å²) in [7, 11) is 0. The van der Waals surface area contributed by atoms with E-state index in [9.17, 15) is 19.5 Å². The Balaban J connectivity index is 1.72. The van der Waals surface area contributed by atoms with Gasteiger partial charge in [-0.15, -0.1) is 18.3 Å². The molecule has 6 atom stereocenters. The number of thioether (sulfide) groups is 1. The maximum atomic E-state index is 14.3. The van der Waals surface area contributed by atoms with Crippen LogP contribution in [-0.4, -0.2) is 75.0 Å². The van der Waals surface area contributed by atoms with E-state index in [1.165, 1.54) is 6.08 Å². The number of hydrogen-bond acceptors (Lipinski definition) is 6. The molecule has 2 bridgehead atoms. The van der Waals surface area contributed by atoms with Gasteiger partial charge in [0.05, 0.1) is 16.6 Å². The summed E-state index contributed by atoms with van der Waals surface area (Å²) in [5, 5.41) is 9.45. The molecule has 3 unspecified atom stereocenters. The highest BCUT2D eigenvalue weighted by Crippen LogP contribution is 2.68. The van der Waals surface area contributed by atoms with Crippen LogP contribution in [0.4, 0.5) is 0 Å². The Bertz CT molecular complexity index is 985. The van der Waals surface area contributed by atoms with E-state index in [1.54, 1.807) is 27.6 Å². The maximum Gasteiger partial charge on any atom is 0.311 e. The second-order valence-corrected chi connectivity index (χ2v) is 11.1. The van der Waals surface area contributed by atoms with E-state index >= 15 is 0 Å². The van der Waals surface area contributed by atoms with E-state index in [4.69, 9.17) is 4.74 Å².